The molecule has 2 nitrogen and oxygen atoms in total. The van der Waals surface area contributed by atoms with Crippen LogP contribution in [0.5, 0.6) is 11.5 Å². The van der Waals surface area contributed by atoms with Crippen LogP contribution >= 0.6 is 0 Å². The molecule has 0 amide bonds. The molecule has 120 valence electrons. The summed E-state index contributed by atoms with van der Waals surface area (Å²) in [7, 11) is 0. The molecule has 2 unspecified atom stereocenters. The van der Waals surface area contributed by atoms with Crippen molar-refractivity contribution in [1.29, 1.82) is 0 Å². The topological polar surface area (TPSA) is 29.5 Å². The van der Waals surface area contributed by atoms with Crippen LogP contribution in [0.25, 0.3) is 0 Å². The van der Waals surface area contributed by atoms with Crippen LogP contribution < -0.4 is 4.74 Å². The number of rotatable bonds is 1. The van der Waals surface area contributed by atoms with Crippen LogP contribution in [0.2, 0.25) is 0 Å². The van der Waals surface area contributed by atoms with Crippen molar-refractivity contribution in [2.24, 2.45) is 0 Å². The Hall–Kier alpha value is -2.10. The third-order valence-corrected chi connectivity index (χ3v) is 5.25. The molecule has 4 rings (SSSR count). The van der Waals surface area contributed by atoms with Crippen LogP contribution in [0.3, 0.4) is 0 Å². The molecule has 2 atom stereocenters. The van der Waals surface area contributed by atoms with Gasteiger partial charge in [-0.25, -0.2) is 8.78 Å². The van der Waals surface area contributed by atoms with Gasteiger partial charge in [-0.15, -0.1) is 0 Å². The Kier molecular flexibility index (Phi) is 2.96. The van der Waals surface area contributed by atoms with E-state index in [4.69, 9.17) is 4.74 Å². The molecule has 0 spiro atoms. The van der Waals surface area contributed by atoms with E-state index in [1.165, 1.54) is 0 Å². The summed E-state index contributed by atoms with van der Waals surface area (Å²) < 4.78 is 34.0. The van der Waals surface area contributed by atoms with E-state index < -0.39 is 17.4 Å². The van der Waals surface area contributed by atoms with Crippen LogP contribution in [0, 0.1) is 6.92 Å². The van der Waals surface area contributed by atoms with Gasteiger partial charge in [0.15, 0.2) is 0 Å². The van der Waals surface area contributed by atoms with Crippen LogP contribution in [-0.2, 0) is 5.41 Å². The molecular weight excluding hydrogens is 298 g/mol. The predicted molar refractivity (Wildman–Crippen MR) is 83.3 cm³/mol. The van der Waals surface area contributed by atoms with Crippen molar-refractivity contribution >= 4 is 0 Å². The van der Waals surface area contributed by atoms with Crippen molar-refractivity contribution in [3.63, 3.8) is 0 Å². The highest BCUT2D eigenvalue weighted by Gasteiger charge is 2.57. The average Bonchev–Trinajstić information content (AvgIpc) is 2.83. The Morgan fingerprint density at radius 2 is 1.83 bits per heavy atom. The molecule has 23 heavy (non-hydrogen) atoms. The zero-order valence-electron chi connectivity index (χ0n) is 12.9. The normalized spacial score (nSPS) is 27.9. The van der Waals surface area contributed by atoms with E-state index in [0.29, 0.717) is 6.42 Å². The number of alkyl halides is 2. The summed E-state index contributed by atoms with van der Waals surface area (Å²) in [5.41, 5.74) is 2.33. The quantitative estimate of drug-likeness (QED) is 0.835. The first-order valence-electron chi connectivity index (χ1n) is 7.86. The maximum absolute atomic E-state index is 14.0. The minimum Gasteiger partial charge on any atom is -0.508 e. The smallest absolute Gasteiger partial charge is 0.251 e. The molecule has 2 aromatic carbocycles. The Bertz CT molecular complexity index is 754. The van der Waals surface area contributed by atoms with E-state index >= 15 is 0 Å². The summed E-state index contributed by atoms with van der Waals surface area (Å²) in [6.07, 6.45) is -0.665. The van der Waals surface area contributed by atoms with Crippen molar-refractivity contribution in [2.45, 2.75) is 43.6 Å². The number of benzene rings is 2. The number of phenols is 1. The Morgan fingerprint density at radius 3 is 2.57 bits per heavy atom. The van der Waals surface area contributed by atoms with Gasteiger partial charge in [-0.2, -0.15) is 0 Å². The molecule has 1 fully saturated rings. The van der Waals surface area contributed by atoms with Crippen LogP contribution in [0.15, 0.2) is 42.5 Å². The predicted octanol–water partition coefficient (Wildman–Crippen LogP) is 4.57. The summed E-state index contributed by atoms with van der Waals surface area (Å²) >= 11 is 0. The molecule has 1 saturated carbocycles. The number of phenolic OH excluding ortho intramolecular Hbond substituents is 1. The third kappa shape index (κ3) is 2.04. The summed E-state index contributed by atoms with van der Waals surface area (Å²) in [5, 5.41) is 9.56. The van der Waals surface area contributed by atoms with Crippen molar-refractivity contribution < 1.29 is 18.6 Å². The molecule has 2 aliphatic rings. The average molecular weight is 316 g/mol. The second-order valence-electron chi connectivity index (χ2n) is 6.64. The summed E-state index contributed by atoms with van der Waals surface area (Å²) in [5.74, 6) is -1.78. The fourth-order valence-electron chi connectivity index (χ4n) is 4.09. The maximum Gasteiger partial charge on any atom is 0.251 e. The monoisotopic (exact) mass is 316 g/mol. The lowest BCUT2D eigenvalue weighted by Gasteiger charge is -2.41. The van der Waals surface area contributed by atoms with Gasteiger partial charge in [0.1, 0.15) is 17.6 Å². The summed E-state index contributed by atoms with van der Waals surface area (Å²) in [6.45, 7) is 1.94. The fourth-order valence-corrected chi connectivity index (χ4v) is 4.09. The van der Waals surface area contributed by atoms with Gasteiger partial charge in [0.05, 0.1) is 5.41 Å². The first kappa shape index (κ1) is 14.5. The minimum atomic E-state index is -2.69. The highest BCUT2D eigenvalue weighted by Crippen LogP contribution is 2.57. The van der Waals surface area contributed by atoms with E-state index in [0.717, 1.165) is 22.4 Å². The van der Waals surface area contributed by atoms with Crippen molar-refractivity contribution in [2.75, 3.05) is 0 Å². The number of halogens is 2. The third-order valence-electron chi connectivity index (χ3n) is 5.25. The van der Waals surface area contributed by atoms with Gasteiger partial charge in [0, 0.05) is 18.4 Å². The van der Waals surface area contributed by atoms with Gasteiger partial charge >= 0.3 is 0 Å². The largest absolute Gasteiger partial charge is 0.508 e. The molecule has 0 radical (unpaired) electrons. The molecule has 0 bridgehead atoms. The highest BCUT2D eigenvalue weighted by atomic mass is 19.3. The molecule has 1 aliphatic heterocycles. The fraction of sp³-hybridized carbons (Fsp3) is 0.368. The van der Waals surface area contributed by atoms with E-state index in [1.807, 2.05) is 37.3 Å². The van der Waals surface area contributed by atoms with Crippen LogP contribution in [0.1, 0.15) is 36.0 Å². The molecular formula is C19H18F2O2. The first-order valence-corrected chi connectivity index (χ1v) is 7.86. The number of aromatic hydroxyl groups is 1. The van der Waals surface area contributed by atoms with Gasteiger partial charge in [0.25, 0.3) is 5.92 Å². The molecule has 1 heterocycles. The number of aryl methyl sites for hydroxylation is 1. The van der Waals surface area contributed by atoms with E-state index in [2.05, 4.69) is 0 Å². The second-order valence-corrected chi connectivity index (χ2v) is 6.64. The number of fused-ring (bicyclic) bond motifs is 3. The number of hydrogen-bond donors (Lipinski definition) is 1. The molecule has 0 aromatic heterocycles. The Labute approximate surface area is 133 Å². The lowest BCUT2D eigenvalue weighted by atomic mass is 9.63. The lowest BCUT2D eigenvalue weighted by Crippen LogP contribution is -2.48. The van der Waals surface area contributed by atoms with Gasteiger partial charge < -0.3 is 9.84 Å². The van der Waals surface area contributed by atoms with E-state index in [9.17, 15) is 13.9 Å². The van der Waals surface area contributed by atoms with E-state index in [-0.39, 0.29) is 18.6 Å². The standard InChI is InChI=1S/C19H18F2O2/c1-12-3-2-4-15-17(12)23-16-11-18(20,21)9-10-19(15,16)13-5-7-14(22)8-6-13/h2-8,16,22H,9-11H2,1H3. The van der Waals surface area contributed by atoms with Gasteiger partial charge in [-0.1, -0.05) is 30.3 Å². The molecule has 2 aromatic rings. The second kappa shape index (κ2) is 4.70. The summed E-state index contributed by atoms with van der Waals surface area (Å²) in [6, 6.07) is 12.8. The highest BCUT2D eigenvalue weighted by molar-refractivity contribution is 5.56. The number of ether oxygens (including phenoxy) is 1. The van der Waals surface area contributed by atoms with Gasteiger partial charge in [-0.05, 0) is 36.6 Å². The molecule has 1 N–H and O–H groups in total. The van der Waals surface area contributed by atoms with E-state index in [1.54, 1.807) is 12.1 Å². The van der Waals surface area contributed by atoms with Crippen molar-refractivity contribution in [3.05, 3.63) is 59.2 Å². The SMILES string of the molecule is Cc1cccc2c1OC1CC(F)(F)CCC21c1ccc(O)cc1. The van der Waals surface area contributed by atoms with Crippen LogP contribution in [-0.4, -0.2) is 17.1 Å². The number of hydrogen-bond acceptors (Lipinski definition) is 2. The van der Waals surface area contributed by atoms with Crippen LogP contribution in [0.4, 0.5) is 8.78 Å². The zero-order valence-corrected chi connectivity index (χ0v) is 12.9. The van der Waals surface area contributed by atoms with Gasteiger partial charge in [-0.3, -0.25) is 0 Å². The maximum atomic E-state index is 14.0. The number of para-hydroxylation sites is 1. The molecule has 0 saturated heterocycles. The summed E-state index contributed by atoms with van der Waals surface area (Å²) in [4.78, 5) is 0. The van der Waals surface area contributed by atoms with Gasteiger partial charge in [0.2, 0.25) is 0 Å². The molecule has 4 heteroatoms. The molecule has 1 aliphatic carbocycles. The van der Waals surface area contributed by atoms with Crippen molar-refractivity contribution in [1.82, 2.24) is 0 Å². The zero-order chi connectivity index (χ0) is 16.2. The Balaban J connectivity index is 1.92. The lowest BCUT2D eigenvalue weighted by molar-refractivity contribution is -0.0830. The minimum absolute atomic E-state index is 0.152. The van der Waals surface area contributed by atoms with Crippen molar-refractivity contribution in [3.8, 4) is 11.5 Å². The first-order chi connectivity index (χ1) is 10.9. The Morgan fingerprint density at radius 1 is 1.09 bits per heavy atom.